The van der Waals surface area contributed by atoms with Crippen molar-refractivity contribution in [2.24, 2.45) is 0 Å². The Morgan fingerprint density at radius 3 is 2.42 bits per heavy atom. The maximum Gasteiger partial charge on any atom is 0.189 e. The van der Waals surface area contributed by atoms with Gasteiger partial charge in [-0.25, -0.2) is 8.78 Å². The van der Waals surface area contributed by atoms with Gasteiger partial charge in [-0.1, -0.05) is 24.3 Å². The number of aliphatic hydroxyl groups is 1. The monoisotopic (exact) mass is 344 g/mol. The molecule has 0 fully saturated rings. The Hall–Kier alpha value is -2.37. The molecular weight excluding hydrogens is 330 g/mol. The molecule has 0 bridgehead atoms. The normalized spacial score (nSPS) is 12.1. The molecular formula is C19H14F2O2S. The van der Waals surface area contributed by atoms with E-state index in [0.29, 0.717) is 16.7 Å². The predicted octanol–water partition coefficient (Wildman–Crippen LogP) is 4.06. The molecule has 0 amide bonds. The first-order valence-electron chi connectivity index (χ1n) is 7.32. The molecule has 2 nitrogen and oxygen atoms in total. The highest BCUT2D eigenvalue weighted by molar-refractivity contribution is 7.07. The van der Waals surface area contributed by atoms with Gasteiger partial charge in [-0.2, -0.15) is 11.3 Å². The molecule has 0 saturated heterocycles. The minimum Gasteiger partial charge on any atom is -0.383 e. The summed E-state index contributed by atoms with van der Waals surface area (Å²) in [4.78, 5) is 12.6. The van der Waals surface area contributed by atoms with E-state index < -0.39 is 11.9 Å². The highest BCUT2D eigenvalue weighted by Gasteiger charge is 2.17. The lowest BCUT2D eigenvalue weighted by atomic mass is 10.0. The van der Waals surface area contributed by atoms with Crippen LogP contribution in [0.1, 0.15) is 28.4 Å². The van der Waals surface area contributed by atoms with Crippen LogP contribution in [0.15, 0.2) is 64.1 Å². The van der Waals surface area contributed by atoms with Crippen LogP contribution in [0.3, 0.4) is 0 Å². The van der Waals surface area contributed by atoms with Crippen molar-refractivity contribution in [2.45, 2.75) is 12.5 Å². The number of aliphatic hydroxyl groups excluding tert-OH is 1. The van der Waals surface area contributed by atoms with Gasteiger partial charge in [0, 0.05) is 22.9 Å². The Labute approximate surface area is 141 Å². The molecule has 2 aromatic carbocycles. The number of hydrogen-bond donors (Lipinski definition) is 1. The Morgan fingerprint density at radius 2 is 1.71 bits per heavy atom. The van der Waals surface area contributed by atoms with Gasteiger partial charge >= 0.3 is 0 Å². The molecule has 1 aromatic heterocycles. The molecule has 3 aromatic rings. The lowest BCUT2D eigenvalue weighted by Crippen LogP contribution is -2.17. The van der Waals surface area contributed by atoms with Crippen molar-refractivity contribution in [2.75, 3.05) is 0 Å². The second-order valence-electron chi connectivity index (χ2n) is 5.45. The summed E-state index contributed by atoms with van der Waals surface area (Å²) in [6.45, 7) is 0. The standard InChI is InChI=1S/C19H14F2O2S/c20-15-5-1-3-12(8-15)7-14-10-24-11-17(19(14)23)18(22)13-4-2-6-16(21)9-13/h1-6,8-11,18,22H,7H2. The van der Waals surface area contributed by atoms with Crippen molar-refractivity contribution < 1.29 is 13.9 Å². The molecule has 24 heavy (non-hydrogen) atoms. The predicted molar refractivity (Wildman–Crippen MR) is 90.3 cm³/mol. The molecule has 0 spiro atoms. The molecule has 0 aliphatic rings. The topological polar surface area (TPSA) is 37.3 Å². The molecule has 1 N–H and O–H groups in total. The average molecular weight is 344 g/mol. The van der Waals surface area contributed by atoms with E-state index in [1.54, 1.807) is 29.0 Å². The molecule has 5 heteroatoms. The van der Waals surface area contributed by atoms with Crippen LogP contribution in [0.5, 0.6) is 0 Å². The first-order chi connectivity index (χ1) is 11.5. The number of hydrogen-bond acceptors (Lipinski definition) is 3. The largest absolute Gasteiger partial charge is 0.383 e. The minimum atomic E-state index is -1.20. The van der Waals surface area contributed by atoms with E-state index in [0.717, 1.165) is 0 Å². The van der Waals surface area contributed by atoms with Crippen LogP contribution in [0.25, 0.3) is 0 Å². The van der Waals surface area contributed by atoms with E-state index in [9.17, 15) is 18.7 Å². The van der Waals surface area contributed by atoms with Crippen LogP contribution >= 0.6 is 11.3 Å². The van der Waals surface area contributed by atoms with E-state index in [1.165, 1.54) is 41.7 Å². The van der Waals surface area contributed by atoms with Crippen LogP contribution in [-0.4, -0.2) is 5.11 Å². The summed E-state index contributed by atoms with van der Waals surface area (Å²) in [5.41, 5.74) is 1.35. The summed E-state index contributed by atoms with van der Waals surface area (Å²) in [7, 11) is 0. The molecule has 1 heterocycles. The SMILES string of the molecule is O=c1c(Cc2cccc(F)c2)cscc1C(O)c1cccc(F)c1. The smallest absolute Gasteiger partial charge is 0.189 e. The van der Waals surface area contributed by atoms with Gasteiger partial charge < -0.3 is 5.11 Å². The van der Waals surface area contributed by atoms with Gasteiger partial charge in [-0.05, 0) is 40.8 Å². The second-order valence-corrected chi connectivity index (χ2v) is 6.19. The molecule has 0 aliphatic carbocycles. The number of halogens is 2. The van der Waals surface area contributed by atoms with Crippen LogP contribution in [-0.2, 0) is 6.42 Å². The molecule has 122 valence electrons. The Balaban J connectivity index is 1.95. The van der Waals surface area contributed by atoms with Gasteiger partial charge in [0.25, 0.3) is 0 Å². The van der Waals surface area contributed by atoms with Crippen LogP contribution in [0.2, 0.25) is 0 Å². The lowest BCUT2D eigenvalue weighted by Gasteiger charge is -2.12. The fourth-order valence-electron chi connectivity index (χ4n) is 2.52. The fourth-order valence-corrected chi connectivity index (χ4v) is 3.32. The van der Waals surface area contributed by atoms with Gasteiger partial charge in [0.15, 0.2) is 5.43 Å². The zero-order valence-corrected chi connectivity index (χ0v) is 13.4. The van der Waals surface area contributed by atoms with E-state index >= 15 is 0 Å². The van der Waals surface area contributed by atoms with Crippen molar-refractivity contribution in [3.63, 3.8) is 0 Å². The summed E-state index contributed by atoms with van der Waals surface area (Å²) in [5.74, 6) is -0.835. The van der Waals surface area contributed by atoms with Gasteiger partial charge in [-0.3, -0.25) is 4.79 Å². The van der Waals surface area contributed by atoms with Gasteiger partial charge in [0.05, 0.1) is 0 Å². The van der Waals surface area contributed by atoms with E-state index in [4.69, 9.17) is 0 Å². The third-order valence-electron chi connectivity index (χ3n) is 3.70. The molecule has 0 aliphatic heterocycles. The third-order valence-corrected chi connectivity index (χ3v) is 4.51. The zero-order chi connectivity index (χ0) is 17.1. The van der Waals surface area contributed by atoms with E-state index in [1.807, 2.05) is 0 Å². The van der Waals surface area contributed by atoms with Crippen molar-refractivity contribution in [1.29, 1.82) is 0 Å². The first-order valence-corrected chi connectivity index (χ1v) is 8.26. The first kappa shape index (κ1) is 16.5. The lowest BCUT2D eigenvalue weighted by molar-refractivity contribution is 0.219. The van der Waals surface area contributed by atoms with Crippen LogP contribution in [0, 0.1) is 11.6 Å². The zero-order valence-electron chi connectivity index (χ0n) is 12.6. The molecule has 0 radical (unpaired) electrons. The summed E-state index contributed by atoms with van der Waals surface area (Å²) in [6, 6.07) is 11.6. The van der Waals surface area contributed by atoms with Crippen molar-refractivity contribution in [3.05, 3.63) is 103 Å². The third kappa shape index (κ3) is 3.58. The van der Waals surface area contributed by atoms with Crippen LogP contribution in [0.4, 0.5) is 8.78 Å². The van der Waals surface area contributed by atoms with Gasteiger partial charge in [0.2, 0.25) is 0 Å². The quantitative estimate of drug-likeness (QED) is 0.775. The summed E-state index contributed by atoms with van der Waals surface area (Å²) >= 11 is 1.27. The Bertz CT molecular complexity index is 921. The molecule has 0 saturated carbocycles. The highest BCUT2D eigenvalue weighted by Crippen LogP contribution is 2.22. The van der Waals surface area contributed by atoms with Gasteiger partial charge in [-0.15, -0.1) is 0 Å². The molecule has 1 unspecified atom stereocenters. The summed E-state index contributed by atoms with van der Waals surface area (Å²) < 4.78 is 26.6. The minimum absolute atomic E-state index is 0.194. The maximum atomic E-state index is 13.3. The average Bonchev–Trinajstić information content (AvgIpc) is 2.56. The second kappa shape index (κ2) is 7.03. The highest BCUT2D eigenvalue weighted by atomic mass is 32.1. The van der Waals surface area contributed by atoms with Crippen molar-refractivity contribution in [3.8, 4) is 0 Å². The Morgan fingerprint density at radius 1 is 1.00 bits per heavy atom. The van der Waals surface area contributed by atoms with E-state index in [2.05, 4.69) is 0 Å². The molecule has 1 atom stereocenters. The summed E-state index contributed by atoms with van der Waals surface area (Å²) in [6.07, 6.45) is -0.923. The molecule has 3 rings (SSSR count). The summed E-state index contributed by atoms with van der Waals surface area (Å²) in [5, 5.41) is 13.7. The number of rotatable bonds is 4. The number of benzene rings is 2. The Kier molecular flexibility index (Phi) is 4.83. The van der Waals surface area contributed by atoms with Gasteiger partial charge in [0.1, 0.15) is 17.7 Å². The maximum absolute atomic E-state index is 13.3. The van der Waals surface area contributed by atoms with Crippen molar-refractivity contribution in [1.82, 2.24) is 0 Å². The van der Waals surface area contributed by atoms with E-state index in [-0.39, 0.29) is 23.2 Å². The fraction of sp³-hybridized carbons (Fsp3) is 0.105. The van der Waals surface area contributed by atoms with Crippen molar-refractivity contribution >= 4 is 11.3 Å². The van der Waals surface area contributed by atoms with Crippen LogP contribution < -0.4 is 5.43 Å².